The molecule has 0 radical (unpaired) electrons. The van der Waals surface area contributed by atoms with Gasteiger partial charge in [-0.1, -0.05) is 76.1 Å². The van der Waals surface area contributed by atoms with E-state index < -0.39 is 53.7 Å². The quantitative estimate of drug-likeness (QED) is 0.138. The molecule has 8 atom stereocenters. The molecule has 3 aliphatic rings. The molecular weight excluding hydrogens is 598 g/mol. The average Bonchev–Trinajstić information content (AvgIpc) is 3.70. The minimum Gasteiger partial charge on any atom is -0.455 e. The second-order valence-corrected chi connectivity index (χ2v) is 13.5. The normalized spacial score (nSPS) is 26.4. The first kappa shape index (κ1) is 36.3. The van der Waals surface area contributed by atoms with Crippen molar-refractivity contribution in [1.29, 1.82) is 0 Å². The number of carbonyl (C=O) groups excluding carboxylic acids is 4. The van der Waals surface area contributed by atoms with Gasteiger partial charge >= 0.3 is 5.97 Å². The molecule has 0 saturated carbocycles. The number of unbranched alkanes of at least 4 members (excludes halogenated alkanes) is 2. The van der Waals surface area contributed by atoms with Crippen molar-refractivity contribution in [3.05, 3.63) is 61.2 Å². The van der Waals surface area contributed by atoms with Gasteiger partial charge in [-0.25, -0.2) is 0 Å². The van der Waals surface area contributed by atoms with E-state index in [0.29, 0.717) is 37.9 Å². The van der Waals surface area contributed by atoms with Crippen molar-refractivity contribution < 1.29 is 33.8 Å². The molecule has 10 heteroatoms. The molecule has 2 N–H and O–H groups in total. The summed E-state index contributed by atoms with van der Waals surface area (Å²) in [4.78, 5) is 59.2. The molecule has 3 amide bonds. The highest BCUT2D eigenvalue weighted by Gasteiger charge is 2.75. The second-order valence-electron chi connectivity index (χ2n) is 13.5. The lowest BCUT2D eigenvalue weighted by atomic mass is 9.70. The molecule has 0 aliphatic carbocycles. The fourth-order valence-corrected chi connectivity index (χ4v) is 7.73. The number of aliphatic hydroxyl groups is 1. The summed E-state index contributed by atoms with van der Waals surface area (Å²) in [7, 11) is 0. The Labute approximate surface area is 279 Å². The molecule has 1 aromatic carbocycles. The van der Waals surface area contributed by atoms with Gasteiger partial charge in [-0.05, 0) is 44.1 Å². The van der Waals surface area contributed by atoms with E-state index in [9.17, 15) is 24.3 Å². The fraction of sp³-hybridized carbons (Fsp3) is 0.622. The summed E-state index contributed by atoms with van der Waals surface area (Å²) in [5.41, 5.74) is -0.516. The predicted molar refractivity (Wildman–Crippen MR) is 179 cm³/mol. The molecule has 3 heterocycles. The Bertz CT molecular complexity index is 1290. The number of rotatable bonds is 18. The van der Waals surface area contributed by atoms with Crippen LogP contribution in [-0.2, 0) is 28.7 Å². The van der Waals surface area contributed by atoms with Gasteiger partial charge in [0.25, 0.3) is 0 Å². The lowest BCUT2D eigenvalue weighted by Gasteiger charge is -2.40. The molecule has 4 rings (SSSR count). The van der Waals surface area contributed by atoms with Gasteiger partial charge in [-0.15, -0.1) is 13.2 Å². The zero-order valence-electron chi connectivity index (χ0n) is 28.4. The van der Waals surface area contributed by atoms with Gasteiger partial charge in [-0.3, -0.25) is 19.2 Å². The molecule has 258 valence electrons. The Balaban J connectivity index is 1.69. The minimum absolute atomic E-state index is 0.155. The van der Waals surface area contributed by atoms with E-state index in [1.54, 1.807) is 24.0 Å². The van der Waals surface area contributed by atoms with E-state index in [1.807, 2.05) is 44.2 Å². The van der Waals surface area contributed by atoms with Crippen molar-refractivity contribution in [2.24, 2.45) is 17.8 Å². The van der Waals surface area contributed by atoms with Crippen molar-refractivity contribution in [3.63, 3.8) is 0 Å². The lowest BCUT2D eigenvalue weighted by Crippen LogP contribution is -2.59. The molecule has 1 aromatic rings. The van der Waals surface area contributed by atoms with Crippen molar-refractivity contribution in [1.82, 2.24) is 15.1 Å². The zero-order valence-corrected chi connectivity index (χ0v) is 28.4. The number of ether oxygens (including phenoxy) is 2. The fourth-order valence-electron chi connectivity index (χ4n) is 7.73. The van der Waals surface area contributed by atoms with Crippen LogP contribution < -0.4 is 5.32 Å². The molecule has 1 spiro atoms. The van der Waals surface area contributed by atoms with Gasteiger partial charge in [0.15, 0.2) is 0 Å². The van der Waals surface area contributed by atoms with Crippen LogP contribution in [0.5, 0.6) is 0 Å². The third kappa shape index (κ3) is 7.33. The number of hydrogen-bond acceptors (Lipinski definition) is 7. The topological polar surface area (TPSA) is 125 Å². The predicted octanol–water partition coefficient (Wildman–Crippen LogP) is 4.34. The van der Waals surface area contributed by atoms with E-state index in [0.717, 1.165) is 19.3 Å². The van der Waals surface area contributed by atoms with Gasteiger partial charge in [0.2, 0.25) is 17.7 Å². The van der Waals surface area contributed by atoms with Crippen LogP contribution in [-0.4, -0.2) is 88.1 Å². The second kappa shape index (κ2) is 16.1. The highest BCUT2D eigenvalue weighted by atomic mass is 16.6. The molecule has 3 saturated heterocycles. The van der Waals surface area contributed by atoms with Gasteiger partial charge in [0, 0.05) is 19.5 Å². The lowest BCUT2D eigenvalue weighted by molar-refractivity contribution is -0.163. The third-order valence-corrected chi connectivity index (χ3v) is 10.0. The van der Waals surface area contributed by atoms with E-state index in [4.69, 9.17) is 9.47 Å². The van der Waals surface area contributed by atoms with Gasteiger partial charge < -0.3 is 29.7 Å². The number of esters is 1. The molecule has 10 nitrogen and oxygen atoms in total. The van der Waals surface area contributed by atoms with E-state index in [-0.39, 0.29) is 36.7 Å². The van der Waals surface area contributed by atoms with E-state index in [2.05, 4.69) is 25.4 Å². The maximum atomic E-state index is 14.6. The summed E-state index contributed by atoms with van der Waals surface area (Å²) in [6.45, 7) is 15.7. The molecule has 3 aliphatic heterocycles. The van der Waals surface area contributed by atoms with Crippen LogP contribution in [0.2, 0.25) is 0 Å². The summed E-state index contributed by atoms with van der Waals surface area (Å²) in [5.74, 6) is -3.43. The highest BCUT2D eigenvalue weighted by Crippen LogP contribution is 2.59. The number of likely N-dealkylation sites (tertiary alicyclic amines) is 1. The first-order chi connectivity index (χ1) is 22.6. The molecule has 2 bridgehead atoms. The summed E-state index contributed by atoms with van der Waals surface area (Å²) in [5, 5.41) is 13.5. The Hall–Kier alpha value is -3.50. The van der Waals surface area contributed by atoms with Crippen LogP contribution in [0, 0.1) is 17.8 Å². The molecular formula is C37H53N3O7. The smallest absolute Gasteiger partial charge is 0.313 e. The SMILES string of the molecule is C=CCCC(=O)N[C@@H](C)[C@H](OC(=O)[C@@H]1[C@@H]2CC[C@]3(O2)[C@H](C(=O)N(CC=C)CCCCC)N([C@@H](CO)C(C)C)C(=O)[C@@H]13)c1ccccc1. The van der Waals surface area contributed by atoms with Crippen molar-refractivity contribution in [2.45, 2.75) is 109 Å². The van der Waals surface area contributed by atoms with Gasteiger partial charge in [0.1, 0.15) is 17.7 Å². The molecule has 47 heavy (non-hydrogen) atoms. The standard InChI is InChI=1S/C37H53N3O7/c1-7-10-15-22-39(21-9-3)35(44)33-37-20-19-28(47-37)30(31(37)34(43)40(33)27(23-41)24(4)5)36(45)46-32(26-16-13-12-14-17-26)25(6)38-29(42)18-11-8-2/h8-9,12-14,16-17,24-25,27-28,30-33,41H,2-3,7,10-11,15,18-23H2,1,4-6H3,(H,38,42)/t25-,27-,28-,30+,31+,32-,33-,37+/m0/s1. The number of aliphatic hydroxyl groups excluding tert-OH is 1. The van der Waals surface area contributed by atoms with Crippen LogP contribution in [0.1, 0.15) is 84.3 Å². The number of allylic oxidation sites excluding steroid dienone is 1. The monoisotopic (exact) mass is 651 g/mol. The summed E-state index contributed by atoms with van der Waals surface area (Å²) in [6.07, 6.45) is 6.40. The van der Waals surface area contributed by atoms with Crippen LogP contribution in [0.3, 0.4) is 0 Å². The Morgan fingerprint density at radius 2 is 1.89 bits per heavy atom. The van der Waals surface area contributed by atoms with Crippen molar-refractivity contribution in [2.75, 3.05) is 19.7 Å². The van der Waals surface area contributed by atoms with Crippen LogP contribution in [0.4, 0.5) is 0 Å². The maximum Gasteiger partial charge on any atom is 0.313 e. The zero-order chi connectivity index (χ0) is 34.3. The Morgan fingerprint density at radius 3 is 2.51 bits per heavy atom. The highest BCUT2D eigenvalue weighted by molar-refractivity contribution is 5.98. The van der Waals surface area contributed by atoms with Crippen LogP contribution >= 0.6 is 0 Å². The summed E-state index contributed by atoms with van der Waals surface area (Å²) in [6, 6.07) is 7.01. The third-order valence-electron chi connectivity index (χ3n) is 10.0. The number of fused-ring (bicyclic) bond motifs is 1. The summed E-state index contributed by atoms with van der Waals surface area (Å²) < 4.78 is 12.9. The first-order valence-corrected chi connectivity index (χ1v) is 17.2. The average molecular weight is 652 g/mol. The van der Waals surface area contributed by atoms with E-state index in [1.165, 1.54) is 4.90 Å². The number of nitrogens with one attached hydrogen (secondary N) is 1. The van der Waals surface area contributed by atoms with Gasteiger partial charge in [0.05, 0.1) is 36.6 Å². The number of hydrogen-bond donors (Lipinski definition) is 2. The first-order valence-electron chi connectivity index (χ1n) is 17.2. The van der Waals surface area contributed by atoms with Crippen molar-refractivity contribution in [3.8, 4) is 0 Å². The number of benzene rings is 1. The minimum atomic E-state index is -1.22. The van der Waals surface area contributed by atoms with Crippen LogP contribution in [0.15, 0.2) is 55.6 Å². The maximum absolute atomic E-state index is 14.6. The molecule has 0 aromatic heterocycles. The van der Waals surface area contributed by atoms with Crippen LogP contribution in [0.25, 0.3) is 0 Å². The largest absolute Gasteiger partial charge is 0.455 e. The Kier molecular flexibility index (Phi) is 12.4. The number of nitrogens with zero attached hydrogens (tertiary/aromatic N) is 2. The Morgan fingerprint density at radius 1 is 1.17 bits per heavy atom. The molecule has 0 unspecified atom stereocenters. The van der Waals surface area contributed by atoms with Crippen molar-refractivity contribution >= 4 is 23.7 Å². The summed E-state index contributed by atoms with van der Waals surface area (Å²) >= 11 is 0. The number of carbonyl (C=O) groups is 4. The molecule has 3 fully saturated rings. The van der Waals surface area contributed by atoms with E-state index >= 15 is 0 Å². The number of amides is 3. The van der Waals surface area contributed by atoms with Gasteiger partial charge in [-0.2, -0.15) is 0 Å².